The zero-order valence-corrected chi connectivity index (χ0v) is 15.9. The van der Waals surface area contributed by atoms with Crippen molar-refractivity contribution in [2.75, 3.05) is 12.4 Å². The van der Waals surface area contributed by atoms with Crippen LogP contribution in [0.15, 0.2) is 23.1 Å². The van der Waals surface area contributed by atoms with Crippen molar-refractivity contribution in [1.29, 1.82) is 0 Å². The Balaban J connectivity index is 2.33. The predicted octanol–water partition coefficient (Wildman–Crippen LogP) is 2.76. The monoisotopic (exact) mass is 425 g/mol. The molecule has 0 radical (unpaired) electrons. The van der Waals surface area contributed by atoms with Gasteiger partial charge in [0.2, 0.25) is 21.8 Å². The fourth-order valence-electron chi connectivity index (χ4n) is 1.90. The molecule has 2 aromatic rings. The van der Waals surface area contributed by atoms with Gasteiger partial charge in [-0.3, -0.25) is 15.2 Å². The van der Waals surface area contributed by atoms with Crippen LogP contribution >= 0.6 is 11.6 Å². The fourth-order valence-corrected chi connectivity index (χ4v) is 3.49. The molecule has 0 aliphatic carbocycles. The highest BCUT2D eigenvalue weighted by atomic mass is 35.5. The molecule has 0 unspecified atom stereocenters. The Morgan fingerprint density at radius 1 is 1.33 bits per heavy atom. The number of alkyl halides is 3. The van der Waals surface area contributed by atoms with Crippen LogP contribution in [0, 0.1) is 0 Å². The minimum atomic E-state index is -4.76. The minimum Gasteiger partial charge on any atom is -0.289 e. The summed E-state index contributed by atoms with van der Waals surface area (Å²) in [6, 6.07) is 3.12. The first-order valence-electron chi connectivity index (χ1n) is 7.42. The van der Waals surface area contributed by atoms with Crippen LogP contribution in [0.1, 0.15) is 30.0 Å². The fraction of sp³-hybridized carbons (Fsp3) is 0.357. The summed E-state index contributed by atoms with van der Waals surface area (Å²) in [4.78, 5) is 15.2. The lowest BCUT2D eigenvalue weighted by atomic mass is 10.2. The number of benzene rings is 1. The summed E-state index contributed by atoms with van der Waals surface area (Å²) in [7, 11) is -2.51. The third-order valence-corrected chi connectivity index (χ3v) is 5.93. The van der Waals surface area contributed by atoms with Crippen LogP contribution in [0.4, 0.5) is 19.1 Å². The molecule has 0 aliphatic heterocycles. The van der Waals surface area contributed by atoms with Gasteiger partial charge >= 0.3 is 6.18 Å². The minimum absolute atomic E-state index is 0.0924. The molecule has 0 saturated carbocycles. The maximum atomic E-state index is 12.5. The first-order chi connectivity index (χ1) is 12.3. The van der Waals surface area contributed by atoms with E-state index in [2.05, 4.69) is 10.1 Å². The van der Waals surface area contributed by atoms with E-state index in [1.54, 1.807) is 18.9 Å². The lowest BCUT2D eigenvalue weighted by Gasteiger charge is -2.21. The zero-order valence-electron chi connectivity index (χ0n) is 14.3. The molecule has 0 saturated heterocycles. The molecule has 0 aliphatic rings. The van der Waals surface area contributed by atoms with Crippen LogP contribution in [-0.4, -0.2) is 46.9 Å². The number of aromatic nitrogens is 3. The van der Waals surface area contributed by atoms with Crippen molar-refractivity contribution < 1.29 is 26.4 Å². The SMILES string of the molecule is CC(C)N(C)S(=O)(=O)c1ccc(Cl)c(C(=O)Nc2n[nH]c(C(F)(F)F)n2)c1. The Kier molecular flexibility index (Phi) is 5.82. The van der Waals surface area contributed by atoms with Gasteiger partial charge in [-0.05, 0) is 32.0 Å². The van der Waals surface area contributed by atoms with Gasteiger partial charge in [-0.25, -0.2) is 8.42 Å². The number of rotatable bonds is 5. The van der Waals surface area contributed by atoms with Gasteiger partial charge in [-0.1, -0.05) is 11.6 Å². The van der Waals surface area contributed by atoms with Gasteiger partial charge < -0.3 is 0 Å². The van der Waals surface area contributed by atoms with Crippen LogP contribution in [0.25, 0.3) is 0 Å². The number of hydrogen-bond acceptors (Lipinski definition) is 5. The van der Waals surface area contributed by atoms with Crippen LogP contribution in [0.3, 0.4) is 0 Å². The van der Waals surface area contributed by atoms with Gasteiger partial charge in [0.1, 0.15) is 0 Å². The van der Waals surface area contributed by atoms with Crippen molar-refractivity contribution in [3.05, 3.63) is 34.6 Å². The Hall–Kier alpha value is -2.18. The molecule has 1 aromatic carbocycles. The second-order valence-electron chi connectivity index (χ2n) is 5.72. The third-order valence-electron chi connectivity index (χ3n) is 3.57. The molecular formula is C14H15ClF3N5O3S. The number of carbonyl (C=O) groups is 1. The van der Waals surface area contributed by atoms with Crippen molar-refractivity contribution in [3.8, 4) is 0 Å². The molecule has 0 spiro atoms. The summed E-state index contributed by atoms with van der Waals surface area (Å²) >= 11 is 5.93. The van der Waals surface area contributed by atoms with Gasteiger partial charge in [-0.15, -0.1) is 5.10 Å². The highest BCUT2D eigenvalue weighted by molar-refractivity contribution is 7.89. The molecule has 0 atom stereocenters. The largest absolute Gasteiger partial charge is 0.451 e. The van der Waals surface area contributed by atoms with Gasteiger partial charge in [0.25, 0.3) is 5.91 Å². The number of carbonyl (C=O) groups excluding carboxylic acids is 1. The second-order valence-corrected chi connectivity index (χ2v) is 8.12. The molecule has 1 aromatic heterocycles. The number of amides is 1. The van der Waals surface area contributed by atoms with E-state index in [4.69, 9.17) is 11.6 Å². The average Bonchev–Trinajstić information content (AvgIpc) is 3.02. The van der Waals surface area contributed by atoms with E-state index in [1.165, 1.54) is 19.2 Å². The van der Waals surface area contributed by atoms with E-state index >= 15 is 0 Å². The van der Waals surface area contributed by atoms with E-state index < -0.39 is 33.9 Å². The summed E-state index contributed by atoms with van der Waals surface area (Å²) in [5.74, 6) is -2.98. The molecule has 2 rings (SSSR count). The number of halogens is 4. The predicted molar refractivity (Wildman–Crippen MR) is 90.9 cm³/mol. The molecular weight excluding hydrogens is 411 g/mol. The molecule has 8 nitrogen and oxygen atoms in total. The summed E-state index contributed by atoms with van der Waals surface area (Å²) < 4.78 is 63.7. The lowest BCUT2D eigenvalue weighted by Crippen LogP contribution is -2.33. The molecule has 0 bridgehead atoms. The normalized spacial score (nSPS) is 12.6. The summed E-state index contributed by atoms with van der Waals surface area (Å²) in [6.07, 6.45) is -4.76. The lowest BCUT2D eigenvalue weighted by molar-refractivity contribution is -0.144. The van der Waals surface area contributed by atoms with Crippen molar-refractivity contribution in [2.24, 2.45) is 0 Å². The number of hydrogen-bond donors (Lipinski definition) is 2. The topological polar surface area (TPSA) is 108 Å². The molecule has 27 heavy (non-hydrogen) atoms. The first kappa shape index (κ1) is 21.1. The molecule has 1 heterocycles. The van der Waals surface area contributed by atoms with E-state index in [0.29, 0.717) is 0 Å². The maximum Gasteiger partial charge on any atom is 0.451 e. The smallest absolute Gasteiger partial charge is 0.289 e. The average molecular weight is 426 g/mol. The number of aromatic amines is 1. The van der Waals surface area contributed by atoms with E-state index in [9.17, 15) is 26.4 Å². The van der Waals surface area contributed by atoms with Crippen molar-refractivity contribution in [1.82, 2.24) is 19.5 Å². The zero-order chi connectivity index (χ0) is 20.6. The van der Waals surface area contributed by atoms with Crippen molar-refractivity contribution in [2.45, 2.75) is 31.0 Å². The molecule has 2 N–H and O–H groups in total. The standard InChI is InChI=1S/C14H15ClF3N5O3S/c1-7(2)23(3)27(25,26)8-4-5-10(15)9(6-8)11(24)19-13-20-12(21-22-13)14(16,17)18/h4-7H,1-3H3,(H2,19,20,21,22,24). The Labute approximate surface area is 157 Å². The Morgan fingerprint density at radius 2 is 1.96 bits per heavy atom. The number of nitrogens with one attached hydrogen (secondary N) is 2. The van der Waals surface area contributed by atoms with Gasteiger partial charge in [0.05, 0.1) is 15.5 Å². The van der Waals surface area contributed by atoms with E-state index in [-0.39, 0.29) is 21.5 Å². The van der Waals surface area contributed by atoms with Crippen LogP contribution in [0.5, 0.6) is 0 Å². The highest BCUT2D eigenvalue weighted by Gasteiger charge is 2.35. The van der Waals surface area contributed by atoms with Gasteiger partial charge in [0.15, 0.2) is 0 Å². The van der Waals surface area contributed by atoms with Crippen LogP contribution in [-0.2, 0) is 16.2 Å². The molecule has 13 heteroatoms. The third kappa shape index (κ3) is 4.57. The van der Waals surface area contributed by atoms with Crippen LogP contribution in [0.2, 0.25) is 5.02 Å². The van der Waals surface area contributed by atoms with E-state index in [1.807, 2.05) is 5.32 Å². The quantitative estimate of drug-likeness (QED) is 0.765. The van der Waals surface area contributed by atoms with Gasteiger partial charge in [-0.2, -0.15) is 22.5 Å². The molecule has 1 amide bonds. The number of anilines is 1. The second kappa shape index (κ2) is 7.44. The van der Waals surface area contributed by atoms with Gasteiger partial charge in [0, 0.05) is 13.1 Å². The van der Waals surface area contributed by atoms with Crippen LogP contribution < -0.4 is 5.32 Å². The van der Waals surface area contributed by atoms with Crippen molar-refractivity contribution in [3.63, 3.8) is 0 Å². The Bertz CT molecular complexity index is 959. The van der Waals surface area contributed by atoms with E-state index in [0.717, 1.165) is 10.4 Å². The number of H-pyrrole nitrogens is 1. The maximum absolute atomic E-state index is 12.5. The number of sulfonamides is 1. The Morgan fingerprint density at radius 3 is 2.48 bits per heavy atom. The van der Waals surface area contributed by atoms with Crippen molar-refractivity contribution >= 4 is 33.5 Å². The first-order valence-corrected chi connectivity index (χ1v) is 9.24. The highest BCUT2D eigenvalue weighted by Crippen LogP contribution is 2.27. The molecule has 148 valence electrons. The summed E-state index contributed by atoms with van der Waals surface area (Å²) in [5.41, 5.74) is -0.256. The number of nitrogens with zero attached hydrogens (tertiary/aromatic N) is 3. The summed E-state index contributed by atoms with van der Waals surface area (Å²) in [5, 5.41) is 6.83. The summed E-state index contributed by atoms with van der Waals surface area (Å²) in [6.45, 7) is 3.34. The molecule has 0 fully saturated rings.